The molecule has 0 radical (unpaired) electrons. The summed E-state index contributed by atoms with van der Waals surface area (Å²) in [6.45, 7) is 8.72. The number of nitriles is 1. The average molecular weight is 367 g/mol. The van der Waals surface area contributed by atoms with Crippen LogP contribution in [-0.4, -0.2) is 14.4 Å². The normalized spacial score (nSPS) is 10.9. The van der Waals surface area contributed by atoms with Gasteiger partial charge < -0.3 is 5.32 Å². The lowest BCUT2D eigenvalue weighted by molar-refractivity contribution is 1.01. The van der Waals surface area contributed by atoms with Crippen molar-refractivity contribution in [2.75, 3.05) is 5.32 Å². The van der Waals surface area contributed by atoms with Crippen LogP contribution in [0.4, 0.5) is 5.82 Å². The summed E-state index contributed by atoms with van der Waals surface area (Å²) in [5.41, 5.74) is 7.29. The zero-order valence-corrected chi connectivity index (χ0v) is 16.0. The summed E-state index contributed by atoms with van der Waals surface area (Å²) in [4.78, 5) is 8.95. The number of hydrogen-bond donors (Lipinski definition) is 1. The first kappa shape index (κ1) is 17.7. The summed E-state index contributed by atoms with van der Waals surface area (Å²) >= 11 is 0. The first-order chi connectivity index (χ1) is 13.6. The molecule has 4 aromatic rings. The second-order valence-corrected chi connectivity index (χ2v) is 7.05. The highest BCUT2D eigenvalue weighted by atomic mass is 15.1. The van der Waals surface area contributed by atoms with Gasteiger partial charge in [-0.1, -0.05) is 30.4 Å². The van der Waals surface area contributed by atoms with Gasteiger partial charge in [0, 0.05) is 24.5 Å². The lowest BCUT2D eigenvalue weighted by atomic mass is 9.99. The Morgan fingerprint density at radius 2 is 2.07 bits per heavy atom. The molecular weight excluding hydrogens is 346 g/mol. The number of allylic oxidation sites excluding steroid dienone is 1. The predicted molar refractivity (Wildman–Crippen MR) is 112 cm³/mol. The molecule has 0 unspecified atom stereocenters. The van der Waals surface area contributed by atoms with Crippen LogP contribution in [0, 0.1) is 18.3 Å². The van der Waals surface area contributed by atoms with Crippen molar-refractivity contribution in [3.05, 3.63) is 83.2 Å². The summed E-state index contributed by atoms with van der Waals surface area (Å²) in [7, 11) is 0. The van der Waals surface area contributed by atoms with Crippen LogP contribution < -0.4 is 5.32 Å². The average Bonchev–Trinajstić information content (AvgIpc) is 3.07. The van der Waals surface area contributed by atoms with E-state index in [1.807, 2.05) is 56.4 Å². The first-order valence-electron chi connectivity index (χ1n) is 9.20. The molecule has 0 aliphatic rings. The SMILES string of the molecule is C=C(C)Cc1c(C)c(C#N)c2nc3ccccc3n2c1NCc1cccnc1. The Hall–Kier alpha value is -3.65. The second kappa shape index (κ2) is 7.16. The van der Waals surface area contributed by atoms with Crippen LogP contribution in [0.1, 0.15) is 29.2 Å². The molecular formula is C23H21N5. The Bertz CT molecular complexity index is 1230. The van der Waals surface area contributed by atoms with E-state index in [-0.39, 0.29) is 0 Å². The number of benzene rings is 1. The number of para-hydroxylation sites is 2. The molecule has 4 rings (SSSR count). The van der Waals surface area contributed by atoms with Gasteiger partial charge in [0.15, 0.2) is 5.65 Å². The predicted octanol–water partition coefficient (Wildman–Crippen LogP) is 4.79. The quantitative estimate of drug-likeness (QED) is 0.515. The molecule has 0 aliphatic heterocycles. The van der Waals surface area contributed by atoms with E-state index in [0.29, 0.717) is 24.2 Å². The maximum Gasteiger partial charge on any atom is 0.157 e. The summed E-state index contributed by atoms with van der Waals surface area (Å²) in [5.74, 6) is 0.951. The van der Waals surface area contributed by atoms with E-state index in [1.165, 1.54) is 0 Å². The van der Waals surface area contributed by atoms with Gasteiger partial charge in [0.05, 0.1) is 16.6 Å². The molecule has 0 aliphatic carbocycles. The van der Waals surface area contributed by atoms with Crippen molar-refractivity contribution >= 4 is 22.5 Å². The maximum atomic E-state index is 9.84. The number of nitrogens with zero attached hydrogens (tertiary/aromatic N) is 4. The monoisotopic (exact) mass is 367 g/mol. The summed E-state index contributed by atoms with van der Waals surface area (Å²) < 4.78 is 2.07. The second-order valence-electron chi connectivity index (χ2n) is 7.05. The van der Waals surface area contributed by atoms with Crippen molar-refractivity contribution in [2.24, 2.45) is 0 Å². The number of anilines is 1. The minimum atomic E-state index is 0.611. The molecule has 5 nitrogen and oxygen atoms in total. The van der Waals surface area contributed by atoms with Crippen LogP contribution in [0.15, 0.2) is 60.9 Å². The first-order valence-corrected chi connectivity index (χ1v) is 9.20. The van der Waals surface area contributed by atoms with E-state index >= 15 is 0 Å². The zero-order chi connectivity index (χ0) is 19.7. The Labute approximate surface area is 164 Å². The molecule has 0 fully saturated rings. The molecule has 0 bridgehead atoms. The molecule has 0 spiro atoms. The van der Waals surface area contributed by atoms with Crippen molar-refractivity contribution in [3.63, 3.8) is 0 Å². The Kier molecular flexibility index (Phi) is 4.54. The summed E-state index contributed by atoms with van der Waals surface area (Å²) in [6, 6.07) is 14.3. The van der Waals surface area contributed by atoms with Crippen LogP contribution in [-0.2, 0) is 13.0 Å². The summed E-state index contributed by atoms with van der Waals surface area (Å²) in [6.07, 6.45) is 4.31. The van der Waals surface area contributed by atoms with Crippen LogP contribution in [0.3, 0.4) is 0 Å². The maximum absolute atomic E-state index is 9.84. The molecule has 1 aromatic carbocycles. The molecule has 138 valence electrons. The van der Waals surface area contributed by atoms with Crippen molar-refractivity contribution in [1.82, 2.24) is 14.4 Å². The van der Waals surface area contributed by atoms with Gasteiger partial charge in [-0.3, -0.25) is 9.38 Å². The zero-order valence-electron chi connectivity index (χ0n) is 16.0. The number of aromatic nitrogens is 3. The smallest absolute Gasteiger partial charge is 0.157 e. The van der Waals surface area contributed by atoms with Gasteiger partial charge in [-0.25, -0.2) is 4.98 Å². The standard InChI is InChI=1S/C23H21N5/c1-15(2)11-18-16(3)19(12-24)23-27-20-8-4-5-9-21(20)28(23)22(18)26-14-17-7-6-10-25-13-17/h4-10,13,26H,1,11,14H2,2-3H3. The van der Waals surface area contributed by atoms with E-state index in [4.69, 9.17) is 4.98 Å². The van der Waals surface area contributed by atoms with E-state index in [0.717, 1.165) is 39.1 Å². The third-order valence-corrected chi connectivity index (χ3v) is 4.89. The van der Waals surface area contributed by atoms with E-state index < -0.39 is 0 Å². The Morgan fingerprint density at radius 3 is 2.79 bits per heavy atom. The molecule has 3 heterocycles. The number of rotatable bonds is 5. The molecule has 1 N–H and O–H groups in total. The van der Waals surface area contributed by atoms with Crippen molar-refractivity contribution in [3.8, 4) is 6.07 Å². The lowest BCUT2D eigenvalue weighted by Crippen LogP contribution is -2.11. The molecule has 0 saturated carbocycles. The lowest BCUT2D eigenvalue weighted by Gasteiger charge is -2.19. The minimum absolute atomic E-state index is 0.611. The minimum Gasteiger partial charge on any atom is -0.367 e. The van der Waals surface area contributed by atoms with Crippen molar-refractivity contribution in [1.29, 1.82) is 5.26 Å². The van der Waals surface area contributed by atoms with Gasteiger partial charge in [0.25, 0.3) is 0 Å². The number of hydrogen-bond acceptors (Lipinski definition) is 4. The number of pyridine rings is 2. The van der Waals surface area contributed by atoms with Gasteiger partial charge in [-0.15, -0.1) is 0 Å². The molecule has 0 saturated heterocycles. The molecule has 28 heavy (non-hydrogen) atoms. The summed E-state index contributed by atoms with van der Waals surface area (Å²) in [5, 5.41) is 13.4. The van der Waals surface area contributed by atoms with Crippen LogP contribution in [0.2, 0.25) is 0 Å². The van der Waals surface area contributed by atoms with Crippen molar-refractivity contribution < 1.29 is 0 Å². The van der Waals surface area contributed by atoms with E-state index in [1.54, 1.807) is 6.20 Å². The van der Waals surface area contributed by atoms with Gasteiger partial charge in [0.1, 0.15) is 11.9 Å². The van der Waals surface area contributed by atoms with Gasteiger partial charge >= 0.3 is 0 Å². The van der Waals surface area contributed by atoms with Gasteiger partial charge in [-0.05, 0) is 49.6 Å². The van der Waals surface area contributed by atoms with Gasteiger partial charge in [-0.2, -0.15) is 5.26 Å². The fourth-order valence-corrected chi connectivity index (χ4v) is 3.58. The van der Waals surface area contributed by atoms with E-state index in [9.17, 15) is 5.26 Å². The Morgan fingerprint density at radius 1 is 1.25 bits per heavy atom. The number of imidazole rings is 1. The highest BCUT2D eigenvalue weighted by Gasteiger charge is 2.20. The highest BCUT2D eigenvalue weighted by molar-refractivity contribution is 5.86. The van der Waals surface area contributed by atoms with Crippen molar-refractivity contribution in [2.45, 2.75) is 26.8 Å². The third kappa shape index (κ3) is 2.99. The number of nitrogens with one attached hydrogen (secondary N) is 1. The Balaban J connectivity index is 2.00. The largest absolute Gasteiger partial charge is 0.367 e. The molecule has 0 atom stereocenters. The number of fused-ring (bicyclic) bond motifs is 3. The van der Waals surface area contributed by atoms with Gasteiger partial charge in [0.2, 0.25) is 0 Å². The fourth-order valence-electron chi connectivity index (χ4n) is 3.58. The molecule has 0 amide bonds. The molecule has 3 aromatic heterocycles. The third-order valence-electron chi connectivity index (χ3n) is 4.89. The van der Waals surface area contributed by atoms with E-state index in [2.05, 4.69) is 27.3 Å². The highest BCUT2D eigenvalue weighted by Crippen LogP contribution is 2.32. The van der Waals surface area contributed by atoms with Crippen LogP contribution in [0.5, 0.6) is 0 Å². The molecule has 5 heteroatoms. The topological polar surface area (TPSA) is 66.0 Å². The van der Waals surface area contributed by atoms with Crippen LogP contribution >= 0.6 is 0 Å². The fraction of sp³-hybridized carbons (Fsp3) is 0.174. The van der Waals surface area contributed by atoms with Crippen LogP contribution in [0.25, 0.3) is 16.7 Å².